The second kappa shape index (κ2) is 5.85. The second-order valence-electron chi connectivity index (χ2n) is 5.00. The van der Waals surface area contributed by atoms with Gasteiger partial charge < -0.3 is 10.5 Å². The number of rotatable bonds is 5. The zero-order valence-electron chi connectivity index (χ0n) is 11.5. The molecule has 2 N–H and O–H groups in total. The van der Waals surface area contributed by atoms with Gasteiger partial charge in [-0.2, -0.15) is 0 Å². The first-order valence-corrected chi connectivity index (χ1v) is 6.42. The number of methoxy groups -OCH3 is 1. The van der Waals surface area contributed by atoms with Crippen molar-refractivity contribution in [1.29, 1.82) is 0 Å². The Bertz CT molecular complexity index is 527. The van der Waals surface area contributed by atoms with Gasteiger partial charge in [-0.05, 0) is 24.1 Å². The molecule has 100 valence electrons. The molecule has 0 amide bonds. The first-order valence-electron chi connectivity index (χ1n) is 6.42. The van der Waals surface area contributed by atoms with Gasteiger partial charge in [0.15, 0.2) is 0 Å². The summed E-state index contributed by atoms with van der Waals surface area (Å²) in [7, 11) is 1.69. The smallest absolute Gasteiger partial charge is 0.122 e. The van der Waals surface area contributed by atoms with E-state index in [-0.39, 0.29) is 5.41 Å². The molecular weight excluding hydrogens is 236 g/mol. The van der Waals surface area contributed by atoms with Crippen molar-refractivity contribution in [2.75, 3.05) is 13.7 Å². The maximum absolute atomic E-state index is 6.03. The lowest BCUT2D eigenvalue weighted by molar-refractivity contribution is 0.385. The highest BCUT2D eigenvalue weighted by atomic mass is 16.5. The van der Waals surface area contributed by atoms with Crippen LogP contribution in [-0.4, -0.2) is 18.6 Å². The lowest BCUT2D eigenvalue weighted by atomic mass is 9.77. The summed E-state index contributed by atoms with van der Waals surface area (Å²) in [6.45, 7) is 2.72. The van der Waals surface area contributed by atoms with Crippen LogP contribution in [0.2, 0.25) is 0 Å². The highest BCUT2D eigenvalue weighted by Crippen LogP contribution is 2.33. The lowest BCUT2D eigenvalue weighted by Gasteiger charge is -2.30. The van der Waals surface area contributed by atoms with Gasteiger partial charge in [0.25, 0.3) is 0 Å². The van der Waals surface area contributed by atoms with Crippen molar-refractivity contribution in [3.63, 3.8) is 0 Å². The second-order valence-corrected chi connectivity index (χ2v) is 5.00. The van der Waals surface area contributed by atoms with E-state index in [1.165, 1.54) is 5.56 Å². The third-order valence-electron chi connectivity index (χ3n) is 3.52. The standard InChI is InChI=1S/C16H20N2O/c1-16(12-17,10-13-6-5-9-18-11-13)14-7-3-4-8-15(14)19-2/h3-9,11H,10,12,17H2,1-2H3. The summed E-state index contributed by atoms with van der Waals surface area (Å²) in [5, 5.41) is 0. The zero-order valence-corrected chi connectivity index (χ0v) is 11.5. The predicted octanol–water partition coefficient (Wildman–Crippen LogP) is 2.55. The van der Waals surface area contributed by atoms with Crippen molar-refractivity contribution >= 4 is 0 Å². The van der Waals surface area contributed by atoms with Crippen LogP contribution in [0.1, 0.15) is 18.1 Å². The first kappa shape index (κ1) is 13.6. The number of nitrogens with two attached hydrogens (primary N) is 1. The van der Waals surface area contributed by atoms with Gasteiger partial charge in [-0.1, -0.05) is 31.2 Å². The Hall–Kier alpha value is -1.87. The molecule has 2 aromatic rings. The first-order chi connectivity index (χ1) is 9.19. The molecule has 0 fully saturated rings. The highest BCUT2D eigenvalue weighted by molar-refractivity contribution is 5.40. The van der Waals surface area contributed by atoms with E-state index in [0.29, 0.717) is 6.54 Å². The van der Waals surface area contributed by atoms with Crippen LogP contribution >= 0.6 is 0 Å². The van der Waals surface area contributed by atoms with E-state index in [0.717, 1.165) is 17.7 Å². The molecule has 2 rings (SSSR count). The van der Waals surface area contributed by atoms with E-state index in [9.17, 15) is 0 Å². The molecule has 0 saturated carbocycles. The van der Waals surface area contributed by atoms with Gasteiger partial charge in [-0.3, -0.25) is 4.98 Å². The van der Waals surface area contributed by atoms with Gasteiger partial charge >= 0.3 is 0 Å². The van der Waals surface area contributed by atoms with E-state index in [4.69, 9.17) is 10.5 Å². The molecule has 1 aromatic heterocycles. The maximum atomic E-state index is 6.03. The zero-order chi connectivity index (χ0) is 13.7. The van der Waals surface area contributed by atoms with E-state index in [1.807, 2.05) is 30.5 Å². The van der Waals surface area contributed by atoms with Gasteiger partial charge in [-0.15, -0.1) is 0 Å². The van der Waals surface area contributed by atoms with Crippen molar-refractivity contribution in [2.45, 2.75) is 18.8 Å². The van der Waals surface area contributed by atoms with Crippen molar-refractivity contribution in [3.8, 4) is 5.75 Å². The van der Waals surface area contributed by atoms with E-state index < -0.39 is 0 Å². The van der Waals surface area contributed by atoms with Crippen LogP contribution in [0.25, 0.3) is 0 Å². The number of pyridine rings is 1. The monoisotopic (exact) mass is 256 g/mol. The van der Waals surface area contributed by atoms with Gasteiger partial charge in [0.05, 0.1) is 7.11 Å². The largest absolute Gasteiger partial charge is 0.496 e. The van der Waals surface area contributed by atoms with Gasteiger partial charge in [0.1, 0.15) is 5.75 Å². The van der Waals surface area contributed by atoms with Crippen LogP contribution in [0.4, 0.5) is 0 Å². The van der Waals surface area contributed by atoms with Crippen LogP contribution in [0.3, 0.4) is 0 Å². The Morgan fingerprint density at radius 3 is 2.63 bits per heavy atom. The molecule has 0 saturated heterocycles. The van der Waals surface area contributed by atoms with E-state index in [1.54, 1.807) is 13.3 Å². The van der Waals surface area contributed by atoms with Crippen molar-refractivity contribution in [1.82, 2.24) is 4.98 Å². The number of aromatic nitrogens is 1. The number of nitrogens with zero attached hydrogens (tertiary/aromatic N) is 1. The van der Waals surface area contributed by atoms with Crippen LogP contribution < -0.4 is 10.5 Å². The lowest BCUT2D eigenvalue weighted by Crippen LogP contribution is -2.34. The van der Waals surface area contributed by atoms with Gasteiger partial charge in [0, 0.05) is 29.9 Å². The summed E-state index contributed by atoms with van der Waals surface area (Å²) in [5.74, 6) is 0.888. The fourth-order valence-electron chi connectivity index (χ4n) is 2.37. The molecule has 0 radical (unpaired) electrons. The molecule has 0 spiro atoms. The van der Waals surface area contributed by atoms with Crippen molar-refractivity contribution in [3.05, 3.63) is 59.9 Å². The number of hydrogen-bond donors (Lipinski definition) is 1. The molecule has 1 atom stereocenters. The molecular formula is C16H20N2O. The molecule has 1 unspecified atom stereocenters. The molecule has 3 heteroatoms. The summed E-state index contributed by atoms with van der Waals surface area (Å²) in [4.78, 5) is 4.17. The number of benzene rings is 1. The fraction of sp³-hybridized carbons (Fsp3) is 0.312. The minimum Gasteiger partial charge on any atom is -0.496 e. The number of hydrogen-bond acceptors (Lipinski definition) is 3. The summed E-state index contributed by atoms with van der Waals surface area (Å²) in [6, 6.07) is 12.1. The van der Waals surface area contributed by atoms with E-state index >= 15 is 0 Å². The van der Waals surface area contributed by atoms with Crippen LogP contribution in [0.15, 0.2) is 48.8 Å². The Kier molecular flexibility index (Phi) is 4.17. The van der Waals surface area contributed by atoms with Crippen molar-refractivity contribution in [2.24, 2.45) is 5.73 Å². The molecule has 3 nitrogen and oxygen atoms in total. The summed E-state index contributed by atoms with van der Waals surface area (Å²) < 4.78 is 5.46. The minimum absolute atomic E-state index is 0.157. The fourth-order valence-corrected chi connectivity index (χ4v) is 2.37. The maximum Gasteiger partial charge on any atom is 0.122 e. The molecule has 0 aliphatic carbocycles. The SMILES string of the molecule is COc1ccccc1C(C)(CN)Cc1cccnc1. The molecule has 19 heavy (non-hydrogen) atoms. The van der Waals surface area contributed by atoms with Crippen LogP contribution in [0, 0.1) is 0 Å². The van der Waals surface area contributed by atoms with Crippen LogP contribution in [-0.2, 0) is 11.8 Å². The Balaban J connectivity index is 2.36. The molecule has 0 aliphatic heterocycles. The summed E-state index contributed by atoms with van der Waals surface area (Å²) in [6.07, 6.45) is 4.52. The average molecular weight is 256 g/mol. The normalized spacial score (nSPS) is 13.8. The molecule has 1 aromatic carbocycles. The van der Waals surface area contributed by atoms with Gasteiger partial charge in [0.2, 0.25) is 0 Å². The third kappa shape index (κ3) is 2.93. The highest BCUT2D eigenvalue weighted by Gasteiger charge is 2.28. The Labute approximate surface area is 114 Å². The quantitative estimate of drug-likeness (QED) is 0.894. The topological polar surface area (TPSA) is 48.1 Å². The Morgan fingerprint density at radius 1 is 1.21 bits per heavy atom. The molecule has 1 heterocycles. The van der Waals surface area contributed by atoms with E-state index in [2.05, 4.69) is 24.0 Å². The van der Waals surface area contributed by atoms with Gasteiger partial charge in [-0.25, -0.2) is 0 Å². The Morgan fingerprint density at radius 2 is 2.00 bits per heavy atom. The molecule has 0 aliphatic rings. The molecule has 0 bridgehead atoms. The van der Waals surface area contributed by atoms with Crippen LogP contribution in [0.5, 0.6) is 5.75 Å². The van der Waals surface area contributed by atoms with Crippen molar-refractivity contribution < 1.29 is 4.74 Å². The summed E-state index contributed by atoms with van der Waals surface area (Å²) >= 11 is 0. The summed E-state index contributed by atoms with van der Waals surface area (Å²) in [5.41, 5.74) is 8.20. The minimum atomic E-state index is -0.157. The average Bonchev–Trinajstić information content (AvgIpc) is 2.48. The number of para-hydroxylation sites is 1. The number of ether oxygens (including phenoxy) is 1. The third-order valence-corrected chi connectivity index (χ3v) is 3.52. The predicted molar refractivity (Wildman–Crippen MR) is 77.3 cm³/mol.